The molecule has 1 aromatic carbocycles. The molecule has 1 aliphatic rings. The minimum absolute atomic E-state index is 0.0455. The Kier molecular flexibility index (Phi) is 4.44. The van der Waals surface area contributed by atoms with Gasteiger partial charge < -0.3 is 5.32 Å². The van der Waals surface area contributed by atoms with Crippen molar-refractivity contribution in [2.45, 2.75) is 38.1 Å². The van der Waals surface area contributed by atoms with Gasteiger partial charge in [0.2, 0.25) is 0 Å². The van der Waals surface area contributed by atoms with E-state index in [0.717, 1.165) is 23.7 Å². The molecule has 1 aromatic rings. The molecule has 2 unspecified atom stereocenters. The van der Waals surface area contributed by atoms with Gasteiger partial charge in [-0.25, -0.2) is 0 Å². The van der Waals surface area contributed by atoms with E-state index < -0.39 is 0 Å². The number of carbonyl (C=O) groups is 1. The number of carbonyl (C=O) groups excluding carboxylic acids is 1. The van der Waals surface area contributed by atoms with E-state index in [4.69, 9.17) is 0 Å². The predicted octanol–water partition coefficient (Wildman–Crippen LogP) is 3.76. The van der Waals surface area contributed by atoms with Crippen LogP contribution in [0.5, 0.6) is 0 Å². The van der Waals surface area contributed by atoms with Crippen LogP contribution in [0, 0.1) is 5.92 Å². The Balaban J connectivity index is 2.08. The molecular formula is C15H20BrNO. The minimum atomic E-state index is -0.0649. The van der Waals surface area contributed by atoms with Gasteiger partial charge in [-0.2, -0.15) is 0 Å². The van der Waals surface area contributed by atoms with E-state index >= 15 is 0 Å². The standard InChI is InChI=1S/C15H20BrNO/c1-12-6-5-9-15(10-12,11-16)17-14(18)13-7-3-2-4-8-13/h2-4,7-8,12H,5-6,9-11H2,1H3,(H,17,18). The second-order valence-corrected chi connectivity index (χ2v) is 6.00. The summed E-state index contributed by atoms with van der Waals surface area (Å²) in [5.74, 6) is 0.733. The number of alkyl halides is 1. The molecule has 2 nitrogen and oxygen atoms in total. The van der Waals surface area contributed by atoms with E-state index in [9.17, 15) is 4.79 Å². The summed E-state index contributed by atoms with van der Waals surface area (Å²) in [5, 5.41) is 4.08. The lowest BCUT2D eigenvalue weighted by atomic mass is 9.77. The average Bonchev–Trinajstić information content (AvgIpc) is 2.39. The predicted molar refractivity (Wildman–Crippen MR) is 78.1 cm³/mol. The zero-order valence-electron chi connectivity index (χ0n) is 10.8. The number of hydrogen-bond acceptors (Lipinski definition) is 1. The summed E-state index contributed by atoms with van der Waals surface area (Å²) in [7, 11) is 0. The molecule has 1 saturated carbocycles. The number of hydrogen-bond donors (Lipinski definition) is 1. The molecule has 2 atom stereocenters. The Labute approximate surface area is 117 Å². The topological polar surface area (TPSA) is 29.1 Å². The second kappa shape index (κ2) is 5.87. The van der Waals surface area contributed by atoms with E-state index in [-0.39, 0.29) is 11.4 Å². The summed E-state index contributed by atoms with van der Waals surface area (Å²) in [6.07, 6.45) is 4.61. The van der Waals surface area contributed by atoms with E-state index in [1.165, 1.54) is 12.8 Å². The molecular weight excluding hydrogens is 290 g/mol. The second-order valence-electron chi connectivity index (χ2n) is 5.44. The first kappa shape index (κ1) is 13.6. The highest BCUT2D eigenvalue weighted by molar-refractivity contribution is 9.09. The van der Waals surface area contributed by atoms with Gasteiger partial charge in [-0.15, -0.1) is 0 Å². The molecule has 0 bridgehead atoms. The summed E-state index contributed by atoms with van der Waals surface area (Å²) in [4.78, 5) is 12.3. The van der Waals surface area contributed by atoms with E-state index in [0.29, 0.717) is 5.92 Å². The van der Waals surface area contributed by atoms with Gasteiger partial charge in [0.05, 0.1) is 5.54 Å². The lowest BCUT2D eigenvalue weighted by Gasteiger charge is -2.39. The Hall–Kier alpha value is -0.830. The van der Waals surface area contributed by atoms with E-state index in [2.05, 4.69) is 28.2 Å². The van der Waals surface area contributed by atoms with Crippen LogP contribution in [0.3, 0.4) is 0 Å². The lowest BCUT2D eigenvalue weighted by molar-refractivity contribution is 0.0869. The van der Waals surface area contributed by atoms with Gasteiger partial charge in [0, 0.05) is 10.9 Å². The maximum atomic E-state index is 12.3. The fraction of sp³-hybridized carbons (Fsp3) is 0.533. The summed E-state index contributed by atoms with van der Waals surface area (Å²) in [6, 6.07) is 9.46. The van der Waals surface area contributed by atoms with Crippen LogP contribution in [0.25, 0.3) is 0 Å². The third kappa shape index (κ3) is 3.14. The first-order chi connectivity index (χ1) is 8.65. The molecule has 1 amide bonds. The molecule has 98 valence electrons. The van der Waals surface area contributed by atoms with Crippen molar-refractivity contribution in [2.24, 2.45) is 5.92 Å². The van der Waals surface area contributed by atoms with Crippen molar-refractivity contribution in [3.05, 3.63) is 35.9 Å². The van der Waals surface area contributed by atoms with Crippen molar-refractivity contribution in [3.63, 3.8) is 0 Å². The van der Waals surface area contributed by atoms with Gasteiger partial charge in [0.25, 0.3) is 5.91 Å². The van der Waals surface area contributed by atoms with Crippen LogP contribution in [0.1, 0.15) is 43.0 Å². The van der Waals surface area contributed by atoms with Crippen molar-refractivity contribution >= 4 is 21.8 Å². The van der Waals surface area contributed by atoms with Crippen LogP contribution in [0.15, 0.2) is 30.3 Å². The molecule has 1 N–H and O–H groups in total. The highest BCUT2D eigenvalue weighted by Crippen LogP contribution is 2.33. The molecule has 0 heterocycles. The smallest absolute Gasteiger partial charge is 0.251 e. The number of benzene rings is 1. The Morgan fingerprint density at radius 2 is 2.17 bits per heavy atom. The van der Waals surface area contributed by atoms with Crippen LogP contribution in [-0.2, 0) is 0 Å². The number of rotatable bonds is 3. The molecule has 0 radical (unpaired) electrons. The summed E-state index contributed by atoms with van der Waals surface area (Å²) in [5.41, 5.74) is 0.681. The van der Waals surface area contributed by atoms with Crippen molar-refractivity contribution in [1.82, 2.24) is 5.32 Å². The van der Waals surface area contributed by atoms with Crippen LogP contribution in [-0.4, -0.2) is 16.8 Å². The van der Waals surface area contributed by atoms with Gasteiger partial charge in [0.15, 0.2) is 0 Å². The molecule has 0 saturated heterocycles. The van der Waals surface area contributed by atoms with Crippen molar-refractivity contribution in [1.29, 1.82) is 0 Å². The lowest BCUT2D eigenvalue weighted by Crippen LogP contribution is -2.52. The SMILES string of the molecule is CC1CCCC(CBr)(NC(=O)c2ccccc2)C1. The fourth-order valence-electron chi connectivity index (χ4n) is 2.83. The van der Waals surface area contributed by atoms with Crippen molar-refractivity contribution < 1.29 is 4.79 Å². The third-order valence-electron chi connectivity index (χ3n) is 3.76. The first-order valence-electron chi connectivity index (χ1n) is 6.59. The highest BCUT2D eigenvalue weighted by atomic mass is 79.9. The Morgan fingerprint density at radius 3 is 2.78 bits per heavy atom. The number of halogens is 1. The monoisotopic (exact) mass is 309 g/mol. The number of nitrogens with one attached hydrogen (secondary N) is 1. The molecule has 1 aliphatic carbocycles. The van der Waals surface area contributed by atoms with Gasteiger partial charge in [-0.3, -0.25) is 4.79 Å². The van der Waals surface area contributed by atoms with E-state index in [1.54, 1.807) is 0 Å². The Morgan fingerprint density at radius 1 is 1.44 bits per heavy atom. The van der Waals surface area contributed by atoms with Crippen LogP contribution in [0.2, 0.25) is 0 Å². The third-order valence-corrected chi connectivity index (χ3v) is 4.84. The van der Waals surface area contributed by atoms with Gasteiger partial charge in [-0.1, -0.05) is 53.9 Å². The molecule has 0 aromatic heterocycles. The fourth-order valence-corrected chi connectivity index (χ4v) is 3.48. The van der Waals surface area contributed by atoms with Crippen molar-refractivity contribution in [2.75, 3.05) is 5.33 Å². The number of amides is 1. The van der Waals surface area contributed by atoms with Gasteiger partial charge >= 0.3 is 0 Å². The maximum absolute atomic E-state index is 12.3. The highest BCUT2D eigenvalue weighted by Gasteiger charge is 2.35. The van der Waals surface area contributed by atoms with Gasteiger partial charge in [-0.05, 0) is 30.9 Å². The minimum Gasteiger partial charge on any atom is -0.346 e. The van der Waals surface area contributed by atoms with Crippen LogP contribution >= 0.6 is 15.9 Å². The first-order valence-corrected chi connectivity index (χ1v) is 7.71. The molecule has 18 heavy (non-hydrogen) atoms. The molecule has 0 spiro atoms. The van der Waals surface area contributed by atoms with Crippen LogP contribution in [0.4, 0.5) is 0 Å². The molecule has 2 rings (SSSR count). The quantitative estimate of drug-likeness (QED) is 0.846. The normalized spacial score (nSPS) is 27.8. The zero-order chi connectivity index (χ0) is 13.0. The molecule has 3 heteroatoms. The van der Waals surface area contributed by atoms with Gasteiger partial charge in [0.1, 0.15) is 0 Å². The summed E-state index contributed by atoms with van der Waals surface area (Å²) < 4.78 is 0. The Bertz CT molecular complexity index is 406. The maximum Gasteiger partial charge on any atom is 0.251 e. The molecule has 1 fully saturated rings. The van der Waals surface area contributed by atoms with Crippen molar-refractivity contribution in [3.8, 4) is 0 Å². The van der Waals surface area contributed by atoms with Crippen LogP contribution < -0.4 is 5.32 Å². The summed E-state index contributed by atoms with van der Waals surface area (Å²) >= 11 is 3.58. The molecule has 0 aliphatic heterocycles. The average molecular weight is 310 g/mol. The van der Waals surface area contributed by atoms with E-state index in [1.807, 2.05) is 30.3 Å². The summed E-state index contributed by atoms with van der Waals surface area (Å²) in [6.45, 7) is 2.27. The zero-order valence-corrected chi connectivity index (χ0v) is 12.4. The largest absolute Gasteiger partial charge is 0.346 e.